The van der Waals surface area contributed by atoms with Gasteiger partial charge in [-0.2, -0.15) is 0 Å². The molecule has 156 valence electrons. The molecule has 0 aliphatic rings. The maximum Gasteiger partial charge on any atom is 0.339 e. The van der Waals surface area contributed by atoms with Gasteiger partial charge in [-0.1, -0.05) is 23.7 Å². The Labute approximate surface area is 174 Å². The van der Waals surface area contributed by atoms with E-state index in [1.54, 1.807) is 32.0 Å². The SMILES string of the molecule is COC(=O)c1ccccc1NC(=O)COc1ccc(S(=O)(=O)NC(C)C)cc1Cl. The highest BCUT2D eigenvalue weighted by Crippen LogP contribution is 2.27. The predicted molar refractivity (Wildman–Crippen MR) is 109 cm³/mol. The van der Waals surface area contributed by atoms with Crippen molar-refractivity contribution in [3.05, 3.63) is 53.1 Å². The van der Waals surface area contributed by atoms with Crippen LogP contribution in [0.5, 0.6) is 5.75 Å². The molecule has 2 aromatic carbocycles. The van der Waals surface area contributed by atoms with E-state index in [0.717, 1.165) is 0 Å². The molecule has 0 aliphatic carbocycles. The van der Waals surface area contributed by atoms with Crippen LogP contribution in [0.1, 0.15) is 24.2 Å². The van der Waals surface area contributed by atoms with E-state index < -0.39 is 28.5 Å². The van der Waals surface area contributed by atoms with E-state index in [1.807, 2.05) is 0 Å². The standard InChI is InChI=1S/C19H21ClN2O6S/c1-12(2)22-29(25,26)13-8-9-17(15(20)10-13)28-11-18(23)21-16-7-5-4-6-14(16)19(24)27-3/h4-10,12,22H,11H2,1-3H3,(H,21,23). The summed E-state index contributed by atoms with van der Waals surface area (Å²) in [5, 5.41) is 2.60. The lowest BCUT2D eigenvalue weighted by Crippen LogP contribution is -2.30. The molecule has 0 spiro atoms. The highest BCUT2D eigenvalue weighted by atomic mass is 35.5. The van der Waals surface area contributed by atoms with Gasteiger partial charge < -0.3 is 14.8 Å². The van der Waals surface area contributed by atoms with Crippen LogP contribution in [-0.4, -0.2) is 40.1 Å². The van der Waals surface area contributed by atoms with E-state index in [-0.39, 0.29) is 33.0 Å². The molecule has 2 rings (SSSR count). The number of nitrogens with one attached hydrogen (secondary N) is 2. The van der Waals surface area contributed by atoms with Gasteiger partial charge in [0.05, 0.1) is 28.3 Å². The largest absolute Gasteiger partial charge is 0.482 e. The molecule has 2 N–H and O–H groups in total. The number of methoxy groups -OCH3 is 1. The smallest absolute Gasteiger partial charge is 0.339 e. The zero-order chi connectivity index (χ0) is 21.6. The van der Waals surface area contributed by atoms with Gasteiger partial charge >= 0.3 is 5.97 Å². The summed E-state index contributed by atoms with van der Waals surface area (Å²) in [6.45, 7) is 3.01. The lowest BCUT2D eigenvalue weighted by atomic mass is 10.2. The molecule has 2 aromatic rings. The first kappa shape index (κ1) is 22.7. The van der Waals surface area contributed by atoms with Crippen molar-refractivity contribution in [2.24, 2.45) is 0 Å². The molecule has 0 aliphatic heterocycles. The lowest BCUT2D eigenvalue weighted by molar-refractivity contribution is -0.118. The van der Waals surface area contributed by atoms with Gasteiger partial charge in [0.2, 0.25) is 10.0 Å². The normalized spacial score (nSPS) is 11.2. The fourth-order valence-corrected chi connectivity index (χ4v) is 3.93. The van der Waals surface area contributed by atoms with Gasteiger partial charge in [0.15, 0.2) is 6.61 Å². The molecule has 0 fully saturated rings. The Balaban J connectivity index is 2.05. The summed E-state index contributed by atoms with van der Waals surface area (Å²) in [6.07, 6.45) is 0. The number of rotatable bonds is 8. The molecule has 0 aromatic heterocycles. The second kappa shape index (κ2) is 9.73. The number of hydrogen-bond acceptors (Lipinski definition) is 6. The number of benzene rings is 2. The van der Waals surface area contributed by atoms with Crippen LogP contribution >= 0.6 is 11.6 Å². The van der Waals surface area contributed by atoms with E-state index >= 15 is 0 Å². The quantitative estimate of drug-likeness (QED) is 0.610. The number of carbonyl (C=O) groups excluding carboxylic acids is 2. The molecule has 0 unspecified atom stereocenters. The maximum absolute atomic E-state index is 12.2. The number of halogens is 1. The van der Waals surface area contributed by atoms with Gasteiger partial charge in [0.25, 0.3) is 5.91 Å². The first-order valence-corrected chi connectivity index (χ1v) is 10.4. The fourth-order valence-electron chi connectivity index (χ4n) is 2.35. The molecule has 1 amide bonds. The van der Waals surface area contributed by atoms with Crippen LogP contribution in [0.3, 0.4) is 0 Å². The number of sulfonamides is 1. The number of amides is 1. The summed E-state index contributed by atoms with van der Waals surface area (Å²) in [7, 11) is -2.46. The lowest BCUT2D eigenvalue weighted by Gasteiger charge is -2.13. The van der Waals surface area contributed by atoms with Crippen LogP contribution in [0.25, 0.3) is 0 Å². The first-order chi connectivity index (χ1) is 13.6. The average molecular weight is 441 g/mol. The van der Waals surface area contributed by atoms with Crippen molar-refractivity contribution in [3.8, 4) is 5.75 Å². The van der Waals surface area contributed by atoms with Gasteiger partial charge in [-0.3, -0.25) is 4.79 Å². The topological polar surface area (TPSA) is 111 Å². The number of esters is 1. The van der Waals surface area contributed by atoms with Crippen molar-refractivity contribution in [1.29, 1.82) is 0 Å². The molecular formula is C19H21ClN2O6S. The fraction of sp³-hybridized carbons (Fsp3) is 0.263. The summed E-state index contributed by atoms with van der Waals surface area (Å²) in [4.78, 5) is 23.9. The molecule has 0 heterocycles. The van der Waals surface area contributed by atoms with E-state index in [2.05, 4.69) is 14.8 Å². The minimum absolute atomic E-state index is 0.0139. The van der Waals surface area contributed by atoms with Crippen LogP contribution in [-0.2, 0) is 19.6 Å². The van der Waals surface area contributed by atoms with Crippen LogP contribution < -0.4 is 14.8 Å². The summed E-state index contributed by atoms with van der Waals surface area (Å²) >= 11 is 6.09. The average Bonchev–Trinajstić information content (AvgIpc) is 2.65. The van der Waals surface area contributed by atoms with Gasteiger partial charge in [0, 0.05) is 6.04 Å². The molecule has 0 saturated carbocycles. The zero-order valence-corrected chi connectivity index (χ0v) is 17.6. The highest BCUT2D eigenvalue weighted by molar-refractivity contribution is 7.89. The Bertz CT molecular complexity index is 1010. The molecule has 8 nitrogen and oxygen atoms in total. The van der Waals surface area contributed by atoms with Gasteiger partial charge in [-0.05, 0) is 44.2 Å². The van der Waals surface area contributed by atoms with E-state index in [0.29, 0.717) is 0 Å². The molecular weight excluding hydrogens is 420 g/mol. The first-order valence-electron chi connectivity index (χ1n) is 8.56. The Morgan fingerprint density at radius 3 is 2.45 bits per heavy atom. The van der Waals surface area contributed by atoms with Crippen molar-refractivity contribution >= 4 is 39.2 Å². The molecule has 10 heteroatoms. The molecule has 0 atom stereocenters. The van der Waals surface area contributed by atoms with Gasteiger partial charge in [0.1, 0.15) is 5.75 Å². The number of para-hydroxylation sites is 1. The minimum atomic E-state index is -3.70. The number of hydrogen-bond donors (Lipinski definition) is 2. The second-order valence-corrected chi connectivity index (χ2v) is 8.36. The van der Waals surface area contributed by atoms with Crippen LogP contribution in [0.2, 0.25) is 5.02 Å². The number of ether oxygens (including phenoxy) is 2. The summed E-state index contributed by atoms with van der Waals surface area (Å²) in [5.41, 5.74) is 0.480. The third kappa shape index (κ3) is 6.18. The minimum Gasteiger partial charge on any atom is -0.482 e. The second-order valence-electron chi connectivity index (χ2n) is 6.24. The Hall–Kier alpha value is -2.62. The summed E-state index contributed by atoms with van der Waals surface area (Å²) in [6, 6.07) is 10.0. The van der Waals surface area contributed by atoms with E-state index in [9.17, 15) is 18.0 Å². The van der Waals surface area contributed by atoms with Crippen molar-refractivity contribution < 1.29 is 27.5 Å². The zero-order valence-electron chi connectivity index (χ0n) is 16.1. The summed E-state index contributed by atoms with van der Waals surface area (Å²) in [5.74, 6) is -0.973. The molecule has 29 heavy (non-hydrogen) atoms. The molecule has 0 saturated heterocycles. The third-order valence-electron chi connectivity index (χ3n) is 3.57. The molecule has 0 radical (unpaired) electrons. The van der Waals surface area contributed by atoms with Gasteiger partial charge in [-0.25, -0.2) is 17.9 Å². The third-order valence-corrected chi connectivity index (χ3v) is 5.52. The monoisotopic (exact) mass is 440 g/mol. The van der Waals surface area contributed by atoms with Crippen LogP contribution in [0.4, 0.5) is 5.69 Å². The predicted octanol–water partition coefficient (Wildman–Crippen LogP) is 2.83. The van der Waals surface area contributed by atoms with Crippen LogP contribution in [0, 0.1) is 0 Å². The van der Waals surface area contributed by atoms with Crippen LogP contribution in [0.15, 0.2) is 47.4 Å². The van der Waals surface area contributed by atoms with E-state index in [1.165, 1.54) is 31.4 Å². The van der Waals surface area contributed by atoms with E-state index in [4.69, 9.17) is 16.3 Å². The summed E-state index contributed by atoms with van der Waals surface area (Å²) < 4.78 is 36.8. The number of carbonyl (C=O) groups is 2. The number of anilines is 1. The Morgan fingerprint density at radius 2 is 1.83 bits per heavy atom. The van der Waals surface area contributed by atoms with Gasteiger partial charge in [-0.15, -0.1) is 0 Å². The Morgan fingerprint density at radius 1 is 1.14 bits per heavy atom. The Kier molecular flexibility index (Phi) is 7.60. The van der Waals surface area contributed by atoms with Crippen molar-refractivity contribution in [3.63, 3.8) is 0 Å². The maximum atomic E-state index is 12.2. The molecule has 0 bridgehead atoms. The van der Waals surface area contributed by atoms with Crippen molar-refractivity contribution in [2.75, 3.05) is 19.0 Å². The highest BCUT2D eigenvalue weighted by Gasteiger charge is 2.18. The van der Waals surface area contributed by atoms with Crippen molar-refractivity contribution in [1.82, 2.24) is 4.72 Å². The van der Waals surface area contributed by atoms with Crippen molar-refractivity contribution in [2.45, 2.75) is 24.8 Å².